The molecule has 1 aliphatic rings. The van der Waals surface area contributed by atoms with E-state index in [0.29, 0.717) is 6.54 Å². The third-order valence-corrected chi connectivity index (χ3v) is 4.44. The summed E-state index contributed by atoms with van der Waals surface area (Å²) >= 11 is 0. The van der Waals surface area contributed by atoms with Crippen molar-refractivity contribution in [2.75, 3.05) is 6.54 Å². The fourth-order valence-electron chi connectivity index (χ4n) is 3.22. The van der Waals surface area contributed by atoms with Crippen LogP contribution in [0.1, 0.15) is 42.9 Å². The maximum absolute atomic E-state index is 10.6. The van der Waals surface area contributed by atoms with E-state index >= 15 is 0 Å². The van der Waals surface area contributed by atoms with Crippen LogP contribution < -0.4 is 5.32 Å². The molecule has 2 N–H and O–H groups in total. The van der Waals surface area contributed by atoms with Crippen LogP contribution in [-0.4, -0.2) is 17.3 Å². The highest BCUT2D eigenvalue weighted by Crippen LogP contribution is 2.30. The normalized spacial score (nSPS) is 17.2. The van der Waals surface area contributed by atoms with Gasteiger partial charge in [0.1, 0.15) is 0 Å². The van der Waals surface area contributed by atoms with Crippen LogP contribution in [0.5, 0.6) is 0 Å². The summed E-state index contributed by atoms with van der Waals surface area (Å²) in [4.78, 5) is 0. The van der Waals surface area contributed by atoms with E-state index in [0.717, 1.165) is 25.7 Å². The van der Waals surface area contributed by atoms with E-state index in [1.165, 1.54) is 11.1 Å². The first-order valence-corrected chi connectivity index (χ1v) is 7.83. The van der Waals surface area contributed by atoms with E-state index < -0.39 is 5.60 Å². The highest BCUT2D eigenvalue weighted by molar-refractivity contribution is 5.31. The summed E-state index contributed by atoms with van der Waals surface area (Å²) in [6.07, 6.45) is 4.10. The maximum atomic E-state index is 10.6. The van der Waals surface area contributed by atoms with Gasteiger partial charge in [0, 0.05) is 6.54 Å². The van der Waals surface area contributed by atoms with Crippen molar-refractivity contribution in [2.45, 2.75) is 37.3 Å². The first-order chi connectivity index (χ1) is 10.3. The lowest BCUT2D eigenvalue weighted by atomic mass is 9.96. The van der Waals surface area contributed by atoms with Crippen molar-refractivity contribution < 1.29 is 5.11 Å². The van der Waals surface area contributed by atoms with Crippen molar-refractivity contribution in [3.05, 3.63) is 71.8 Å². The Morgan fingerprint density at radius 1 is 0.857 bits per heavy atom. The molecule has 0 radical (unpaired) electrons. The topological polar surface area (TPSA) is 32.3 Å². The van der Waals surface area contributed by atoms with Crippen molar-refractivity contribution in [2.24, 2.45) is 0 Å². The molecule has 1 aliphatic carbocycles. The molecule has 0 amide bonds. The Morgan fingerprint density at radius 2 is 1.33 bits per heavy atom. The SMILES string of the molecule is OC1(CNC(c2ccccc2)c2ccccc2)CCCC1. The van der Waals surface area contributed by atoms with Crippen LogP contribution >= 0.6 is 0 Å². The van der Waals surface area contributed by atoms with E-state index in [2.05, 4.69) is 53.8 Å². The lowest BCUT2D eigenvalue weighted by Gasteiger charge is -2.27. The van der Waals surface area contributed by atoms with Gasteiger partial charge in [0.25, 0.3) is 0 Å². The average molecular weight is 281 g/mol. The molecular formula is C19H23NO. The van der Waals surface area contributed by atoms with Crippen LogP contribution in [0.25, 0.3) is 0 Å². The van der Waals surface area contributed by atoms with Crippen molar-refractivity contribution >= 4 is 0 Å². The van der Waals surface area contributed by atoms with Gasteiger partial charge in [-0.1, -0.05) is 73.5 Å². The Kier molecular flexibility index (Phi) is 4.37. The Hall–Kier alpha value is -1.64. The number of rotatable bonds is 5. The lowest BCUT2D eigenvalue weighted by molar-refractivity contribution is 0.0460. The number of hydrogen-bond donors (Lipinski definition) is 2. The Labute approximate surface area is 126 Å². The zero-order valence-electron chi connectivity index (χ0n) is 12.3. The lowest BCUT2D eigenvalue weighted by Crippen LogP contribution is -2.39. The standard InChI is InChI=1S/C19H23NO/c21-19(13-7-8-14-19)15-20-18(16-9-3-1-4-10-16)17-11-5-2-6-12-17/h1-6,9-12,18,20-21H,7-8,13-15H2. The molecule has 0 spiro atoms. The smallest absolute Gasteiger partial charge is 0.0771 e. The van der Waals surface area contributed by atoms with E-state index in [1.807, 2.05) is 12.1 Å². The predicted octanol–water partition coefficient (Wildman–Crippen LogP) is 3.67. The minimum absolute atomic E-state index is 0.136. The molecule has 0 unspecified atom stereocenters. The predicted molar refractivity (Wildman–Crippen MR) is 86.1 cm³/mol. The van der Waals surface area contributed by atoms with E-state index in [-0.39, 0.29) is 6.04 Å². The molecule has 0 heterocycles. The van der Waals surface area contributed by atoms with Crippen molar-refractivity contribution in [3.8, 4) is 0 Å². The van der Waals surface area contributed by atoms with E-state index in [4.69, 9.17) is 0 Å². The highest BCUT2D eigenvalue weighted by atomic mass is 16.3. The largest absolute Gasteiger partial charge is 0.389 e. The number of benzene rings is 2. The van der Waals surface area contributed by atoms with Crippen LogP contribution in [0.4, 0.5) is 0 Å². The second-order valence-electron chi connectivity index (χ2n) is 6.07. The Bertz CT molecular complexity index is 507. The van der Waals surface area contributed by atoms with Crippen molar-refractivity contribution in [3.63, 3.8) is 0 Å². The molecule has 2 heteroatoms. The van der Waals surface area contributed by atoms with Gasteiger partial charge in [-0.15, -0.1) is 0 Å². The minimum atomic E-state index is -0.526. The Balaban J connectivity index is 1.80. The van der Waals surface area contributed by atoms with Gasteiger partial charge in [-0.25, -0.2) is 0 Å². The summed E-state index contributed by atoms with van der Waals surface area (Å²) < 4.78 is 0. The molecule has 1 fully saturated rings. The molecular weight excluding hydrogens is 258 g/mol. The third kappa shape index (κ3) is 3.52. The van der Waals surface area contributed by atoms with Gasteiger partial charge in [0.15, 0.2) is 0 Å². The molecule has 2 nitrogen and oxygen atoms in total. The monoisotopic (exact) mass is 281 g/mol. The average Bonchev–Trinajstić information content (AvgIpc) is 2.97. The van der Waals surface area contributed by atoms with Gasteiger partial charge in [-0.05, 0) is 24.0 Å². The molecule has 2 aromatic rings. The quantitative estimate of drug-likeness (QED) is 0.876. The number of hydrogen-bond acceptors (Lipinski definition) is 2. The fourth-order valence-corrected chi connectivity index (χ4v) is 3.22. The minimum Gasteiger partial charge on any atom is -0.389 e. The summed E-state index contributed by atoms with van der Waals surface area (Å²) in [5.41, 5.74) is 1.96. The second-order valence-corrected chi connectivity index (χ2v) is 6.07. The van der Waals surface area contributed by atoms with Gasteiger partial charge in [-0.3, -0.25) is 0 Å². The van der Waals surface area contributed by atoms with Crippen LogP contribution in [0.3, 0.4) is 0 Å². The number of nitrogens with one attached hydrogen (secondary N) is 1. The maximum Gasteiger partial charge on any atom is 0.0771 e. The van der Waals surface area contributed by atoms with Gasteiger partial charge in [-0.2, -0.15) is 0 Å². The van der Waals surface area contributed by atoms with Crippen molar-refractivity contribution in [1.29, 1.82) is 0 Å². The summed E-state index contributed by atoms with van der Waals surface area (Å²) in [6.45, 7) is 0.654. The first kappa shape index (κ1) is 14.3. The molecule has 0 saturated heterocycles. The highest BCUT2D eigenvalue weighted by Gasteiger charge is 2.31. The van der Waals surface area contributed by atoms with Crippen molar-refractivity contribution in [1.82, 2.24) is 5.32 Å². The fraction of sp³-hybridized carbons (Fsp3) is 0.368. The van der Waals surface area contributed by atoms with Gasteiger partial charge in [0.05, 0.1) is 11.6 Å². The Morgan fingerprint density at radius 3 is 1.81 bits per heavy atom. The molecule has 21 heavy (non-hydrogen) atoms. The molecule has 0 aromatic heterocycles. The van der Waals surface area contributed by atoms with Gasteiger partial charge >= 0.3 is 0 Å². The second kappa shape index (κ2) is 6.42. The van der Waals surface area contributed by atoms with Crippen LogP contribution in [0, 0.1) is 0 Å². The van der Waals surface area contributed by atoms with E-state index in [1.54, 1.807) is 0 Å². The summed E-state index contributed by atoms with van der Waals surface area (Å²) in [5, 5.41) is 14.2. The van der Waals surface area contributed by atoms with Gasteiger partial charge in [0.2, 0.25) is 0 Å². The number of aliphatic hydroxyl groups is 1. The van der Waals surface area contributed by atoms with Crippen LogP contribution in [0.15, 0.2) is 60.7 Å². The zero-order chi connectivity index (χ0) is 14.5. The first-order valence-electron chi connectivity index (χ1n) is 7.83. The van der Waals surface area contributed by atoms with E-state index in [9.17, 15) is 5.11 Å². The molecule has 0 bridgehead atoms. The summed E-state index contributed by atoms with van der Waals surface area (Å²) in [5.74, 6) is 0. The van der Waals surface area contributed by atoms with Crippen LogP contribution in [0.2, 0.25) is 0 Å². The van der Waals surface area contributed by atoms with Crippen LogP contribution in [-0.2, 0) is 0 Å². The van der Waals surface area contributed by atoms with Gasteiger partial charge < -0.3 is 10.4 Å². The molecule has 3 rings (SSSR count). The summed E-state index contributed by atoms with van der Waals surface area (Å²) in [6, 6.07) is 21.0. The third-order valence-electron chi connectivity index (χ3n) is 4.44. The molecule has 2 aromatic carbocycles. The molecule has 0 atom stereocenters. The molecule has 0 aliphatic heterocycles. The summed E-state index contributed by atoms with van der Waals surface area (Å²) in [7, 11) is 0. The zero-order valence-corrected chi connectivity index (χ0v) is 12.3. The molecule has 1 saturated carbocycles. The molecule has 110 valence electrons.